The Hall–Kier alpha value is 0.427. The van der Waals surface area contributed by atoms with Crippen molar-refractivity contribution >= 4 is 20.9 Å². The van der Waals surface area contributed by atoms with Crippen molar-refractivity contribution in [3.63, 3.8) is 0 Å². The molecule has 0 aliphatic heterocycles. The SMILES string of the molecule is CCO[SiH](OCC)C1(Cl)CCCC1. The number of hydrogen-bond donors (Lipinski definition) is 0. The third kappa shape index (κ3) is 2.94. The number of halogens is 1. The van der Waals surface area contributed by atoms with Crippen LogP contribution in [0, 0.1) is 0 Å². The largest absolute Gasteiger partial charge is 0.396 e. The van der Waals surface area contributed by atoms with Crippen molar-refractivity contribution < 1.29 is 8.85 Å². The van der Waals surface area contributed by atoms with Gasteiger partial charge >= 0.3 is 9.28 Å². The van der Waals surface area contributed by atoms with Crippen LogP contribution in [0.25, 0.3) is 0 Å². The van der Waals surface area contributed by atoms with Gasteiger partial charge in [0.2, 0.25) is 0 Å². The van der Waals surface area contributed by atoms with Gasteiger partial charge in [0.1, 0.15) is 0 Å². The summed E-state index contributed by atoms with van der Waals surface area (Å²) >= 11 is 6.51. The lowest BCUT2D eigenvalue weighted by Crippen LogP contribution is -2.43. The van der Waals surface area contributed by atoms with Crippen LogP contribution in [0.5, 0.6) is 0 Å². The van der Waals surface area contributed by atoms with Gasteiger partial charge in [-0.25, -0.2) is 0 Å². The van der Waals surface area contributed by atoms with Crippen molar-refractivity contribution in [2.45, 2.75) is 44.0 Å². The Morgan fingerprint density at radius 3 is 2.00 bits per heavy atom. The van der Waals surface area contributed by atoms with Gasteiger partial charge in [-0.05, 0) is 26.7 Å². The fourth-order valence-corrected chi connectivity index (χ4v) is 4.67. The van der Waals surface area contributed by atoms with Crippen LogP contribution in [-0.2, 0) is 8.85 Å². The van der Waals surface area contributed by atoms with Crippen molar-refractivity contribution in [2.75, 3.05) is 13.2 Å². The summed E-state index contributed by atoms with van der Waals surface area (Å²) in [4.78, 5) is 0. The van der Waals surface area contributed by atoms with Gasteiger partial charge in [0.25, 0.3) is 0 Å². The normalized spacial score (nSPS) is 21.2. The van der Waals surface area contributed by atoms with Gasteiger partial charge in [-0.3, -0.25) is 0 Å². The second kappa shape index (κ2) is 5.34. The molecule has 78 valence electrons. The van der Waals surface area contributed by atoms with Crippen molar-refractivity contribution in [1.82, 2.24) is 0 Å². The first-order valence-corrected chi connectivity index (χ1v) is 7.05. The molecular weight excluding hydrogens is 204 g/mol. The summed E-state index contributed by atoms with van der Waals surface area (Å²) in [7, 11) is -1.64. The van der Waals surface area contributed by atoms with E-state index in [4.69, 9.17) is 20.5 Å². The van der Waals surface area contributed by atoms with Crippen molar-refractivity contribution in [2.24, 2.45) is 0 Å². The quantitative estimate of drug-likeness (QED) is 0.525. The molecule has 0 bridgehead atoms. The summed E-state index contributed by atoms with van der Waals surface area (Å²) in [5.74, 6) is 0. The molecule has 0 N–H and O–H groups in total. The second-order valence-corrected chi connectivity index (χ2v) is 7.04. The van der Waals surface area contributed by atoms with Crippen LogP contribution in [0.15, 0.2) is 0 Å². The van der Waals surface area contributed by atoms with Crippen LogP contribution in [-0.4, -0.2) is 27.0 Å². The average molecular weight is 223 g/mol. The van der Waals surface area contributed by atoms with E-state index in [2.05, 4.69) is 0 Å². The van der Waals surface area contributed by atoms with E-state index >= 15 is 0 Å². The number of rotatable bonds is 5. The third-order valence-electron chi connectivity index (χ3n) is 2.49. The molecule has 4 heteroatoms. The molecule has 0 atom stereocenters. The predicted octanol–water partition coefficient (Wildman–Crippen LogP) is 2.37. The summed E-state index contributed by atoms with van der Waals surface area (Å²) < 4.78 is 11.2. The highest BCUT2D eigenvalue weighted by atomic mass is 35.5. The smallest absolute Gasteiger partial charge is 0.343 e. The standard InChI is InChI=1S/C9H19ClO2Si/c1-3-11-13(12-4-2)9(10)7-5-6-8-9/h13H,3-8H2,1-2H3. The summed E-state index contributed by atoms with van der Waals surface area (Å²) in [5, 5.41) is 0. The van der Waals surface area contributed by atoms with Gasteiger partial charge < -0.3 is 8.85 Å². The molecule has 0 spiro atoms. The zero-order valence-corrected chi connectivity index (χ0v) is 10.4. The molecule has 1 fully saturated rings. The minimum absolute atomic E-state index is 0.119. The molecule has 0 aromatic rings. The molecular formula is C9H19ClO2Si. The third-order valence-corrected chi connectivity index (χ3v) is 6.10. The van der Waals surface area contributed by atoms with E-state index in [1.165, 1.54) is 12.8 Å². The molecule has 0 radical (unpaired) electrons. The van der Waals surface area contributed by atoms with Crippen LogP contribution >= 0.6 is 11.6 Å². The van der Waals surface area contributed by atoms with E-state index < -0.39 is 9.28 Å². The zero-order valence-electron chi connectivity index (χ0n) is 8.51. The van der Waals surface area contributed by atoms with E-state index in [1.54, 1.807) is 0 Å². The summed E-state index contributed by atoms with van der Waals surface area (Å²) in [6, 6.07) is 0. The summed E-state index contributed by atoms with van der Waals surface area (Å²) in [6.07, 6.45) is 4.61. The molecule has 13 heavy (non-hydrogen) atoms. The van der Waals surface area contributed by atoms with Crippen molar-refractivity contribution in [3.8, 4) is 0 Å². The molecule has 1 saturated carbocycles. The minimum Gasteiger partial charge on any atom is -0.396 e. The fraction of sp³-hybridized carbons (Fsp3) is 1.00. The van der Waals surface area contributed by atoms with Gasteiger partial charge in [0, 0.05) is 13.2 Å². The van der Waals surface area contributed by atoms with Crippen molar-refractivity contribution in [1.29, 1.82) is 0 Å². The van der Waals surface area contributed by atoms with Gasteiger partial charge in [0.05, 0.1) is 4.50 Å². The molecule has 1 aliphatic carbocycles. The van der Waals surface area contributed by atoms with Crippen molar-refractivity contribution in [3.05, 3.63) is 0 Å². The highest BCUT2D eigenvalue weighted by Gasteiger charge is 2.43. The molecule has 0 aromatic heterocycles. The molecule has 2 nitrogen and oxygen atoms in total. The molecule has 0 amide bonds. The van der Waals surface area contributed by atoms with Gasteiger partial charge in [-0.15, -0.1) is 11.6 Å². The molecule has 1 rings (SSSR count). The summed E-state index contributed by atoms with van der Waals surface area (Å²) in [6.45, 7) is 5.47. The van der Waals surface area contributed by atoms with Crippen LogP contribution < -0.4 is 0 Å². The Bertz CT molecular complexity index is 143. The Labute approximate surface area is 87.4 Å². The van der Waals surface area contributed by atoms with E-state index in [-0.39, 0.29) is 4.50 Å². The Morgan fingerprint density at radius 2 is 1.62 bits per heavy atom. The van der Waals surface area contributed by atoms with Crippen LogP contribution in [0.4, 0.5) is 0 Å². The molecule has 0 saturated heterocycles. The lowest BCUT2D eigenvalue weighted by Gasteiger charge is -2.28. The van der Waals surface area contributed by atoms with Gasteiger partial charge in [-0.2, -0.15) is 0 Å². The van der Waals surface area contributed by atoms with Gasteiger partial charge in [-0.1, -0.05) is 12.8 Å². The Morgan fingerprint density at radius 1 is 1.15 bits per heavy atom. The molecule has 0 heterocycles. The molecule has 0 aromatic carbocycles. The minimum atomic E-state index is -1.64. The predicted molar refractivity (Wildman–Crippen MR) is 57.5 cm³/mol. The number of hydrogen-bond acceptors (Lipinski definition) is 2. The lowest BCUT2D eigenvalue weighted by atomic mass is 10.4. The maximum absolute atomic E-state index is 6.51. The highest BCUT2D eigenvalue weighted by molar-refractivity contribution is 6.62. The van der Waals surface area contributed by atoms with E-state index in [0.29, 0.717) is 0 Å². The van der Waals surface area contributed by atoms with E-state index in [1.807, 2.05) is 13.8 Å². The maximum atomic E-state index is 6.51. The van der Waals surface area contributed by atoms with Gasteiger partial charge in [0.15, 0.2) is 0 Å². The van der Waals surface area contributed by atoms with Crippen LogP contribution in [0.3, 0.4) is 0 Å². The maximum Gasteiger partial charge on any atom is 0.343 e. The molecule has 0 unspecified atom stereocenters. The second-order valence-electron chi connectivity index (χ2n) is 3.48. The first-order chi connectivity index (χ1) is 6.23. The topological polar surface area (TPSA) is 18.5 Å². The Balaban J connectivity index is 2.50. The number of alkyl halides is 1. The first kappa shape index (κ1) is 11.5. The Kier molecular flexibility index (Phi) is 4.73. The lowest BCUT2D eigenvalue weighted by molar-refractivity contribution is 0.199. The van der Waals surface area contributed by atoms with Crippen LogP contribution in [0.1, 0.15) is 39.5 Å². The first-order valence-electron chi connectivity index (χ1n) is 5.15. The molecule has 1 aliphatic rings. The highest BCUT2D eigenvalue weighted by Crippen LogP contribution is 2.38. The average Bonchev–Trinajstić information content (AvgIpc) is 2.53. The zero-order chi connectivity index (χ0) is 9.73. The fourth-order valence-electron chi connectivity index (χ4n) is 1.85. The summed E-state index contributed by atoms with van der Waals surface area (Å²) in [5.41, 5.74) is 0. The van der Waals surface area contributed by atoms with E-state index in [0.717, 1.165) is 26.1 Å². The van der Waals surface area contributed by atoms with Crippen LogP contribution in [0.2, 0.25) is 0 Å². The monoisotopic (exact) mass is 222 g/mol. The van der Waals surface area contributed by atoms with E-state index in [9.17, 15) is 0 Å².